The summed E-state index contributed by atoms with van der Waals surface area (Å²) in [5.74, 6) is 0. The van der Waals surface area contributed by atoms with Crippen LogP contribution in [0.25, 0.3) is 0 Å². The van der Waals surface area contributed by atoms with E-state index in [-0.39, 0.29) is 12.1 Å². The predicted octanol–water partition coefficient (Wildman–Crippen LogP) is 1.84. The molecule has 0 amide bonds. The molecule has 0 heterocycles. The fourth-order valence-corrected chi connectivity index (χ4v) is 2.42. The van der Waals surface area contributed by atoms with Gasteiger partial charge < -0.3 is 20.1 Å². The van der Waals surface area contributed by atoms with Crippen molar-refractivity contribution in [3.8, 4) is 0 Å². The molecule has 0 saturated carbocycles. The maximum atomic E-state index is 10.0. The van der Waals surface area contributed by atoms with Crippen molar-refractivity contribution in [1.29, 1.82) is 0 Å². The molecule has 1 aromatic rings. The molecule has 0 aliphatic heterocycles. The fourth-order valence-electron chi connectivity index (χ4n) is 2.42. The van der Waals surface area contributed by atoms with Gasteiger partial charge in [-0.3, -0.25) is 0 Å². The highest BCUT2D eigenvalue weighted by atomic mass is 16.5. The highest BCUT2D eigenvalue weighted by molar-refractivity contribution is 5.24. The van der Waals surface area contributed by atoms with Gasteiger partial charge in [-0.2, -0.15) is 0 Å². The summed E-state index contributed by atoms with van der Waals surface area (Å²) < 4.78 is 5.11. The maximum Gasteiger partial charge on any atom is 0.0681 e. The molecule has 0 radical (unpaired) electrons. The van der Waals surface area contributed by atoms with Crippen LogP contribution >= 0.6 is 0 Å². The Bertz CT molecular complexity index is 372. The van der Waals surface area contributed by atoms with Gasteiger partial charge in [-0.05, 0) is 32.0 Å². The van der Waals surface area contributed by atoms with E-state index in [9.17, 15) is 5.11 Å². The largest absolute Gasteiger partial charge is 0.394 e. The van der Waals surface area contributed by atoms with Crippen LogP contribution in [0.2, 0.25) is 0 Å². The van der Waals surface area contributed by atoms with Gasteiger partial charge in [-0.1, -0.05) is 37.3 Å². The van der Waals surface area contributed by atoms with Crippen molar-refractivity contribution in [3.63, 3.8) is 0 Å². The minimum atomic E-state index is -0.362. The summed E-state index contributed by atoms with van der Waals surface area (Å²) in [4.78, 5) is 2.24. The quantitative estimate of drug-likeness (QED) is 0.654. The molecule has 0 saturated heterocycles. The Kier molecular flexibility index (Phi) is 8.54. The summed E-state index contributed by atoms with van der Waals surface area (Å²) in [5.41, 5.74) is 0.791. The average Bonchev–Trinajstić information content (AvgIpc) is 2.54. The van der Waals surface area contributed by atoms with Gasteiger partial charge in [0.05, 0.1) is 18.8 Å². The van der Waals surface area contributed by atoms with Crippen LogP contribution in [0, 0.1) is 0 Å². The summed E-state index contributed by atoms with van der Waals surface area (Å²) in [6.45, 7) is 5.70. The lowest BCUT2D eigenvalue weighted by Crippen LogP contribution is -2.48. The van der Waals surface area contributed by atoms with Crippen LogP contribution in [0.1, 0.15) is 25.3 Å². The summed E-state index contributed by atoms with van der Waals surface area (Å²) in [5, 5.41) is 13.6. The Balaban J connectivity index is 2.76. The number of nitrogens with zero attached hydrogens (tertiary/aromatic N) is 1. The van der Waals surface area contributed by atoms with E-state index in [4.69, 9.17) is 4.74 Å². The third-order valence-electron chi connectivity index (χ3n) is 3.91. The molecule has 0 bridgehead atoms. The monoisotopic (exact) mass is 294 g/mol. The molecule has 0 aliphatic carbocycles. The average molecular weight is 294 g/mol. The summed E-state index contributed by atoms with van der Waals surface area (Å²) in [6.07, 6.45) is 1.92. The van der Waals surface area contributed by atoms with Crippen LogP contribution < -0.4 is 5.32 Å². The number of hydrogen-bond acceptors (Lipinski definition) is 4. The summed E-state index contributed by atoms with van der Waals surface area (Å²) in [7, 11) is 3.81. The molecule has 1 unspecified atom stereocenters. The van der Waals surface area contributed by atoms with Gasteiger partial charge in [0.25, 0.3) is 0 Å². The normalized spacial score (nSPS) is 14.3. The number of nitrogens with one attached hydrogen (secondary N) is 1. The first-order chi connectivity index (χ1) is 10.2. The number of aliphatic hydroxyl groups is 1. The molecular weight excluding hydrogens is 264 g/mol. The van der Waals surface area contributed by atoms with Crippen molar-refractivity contribution in [2.45, 2.75) is 25.3 Å². The van der Waals surface area contributed by atoms with Crippen molar-refractivity contribution in [3.05, 3.63) is 35.9 Å². The smallest absolute Gasteiger partial charge is 0.0681 e. The lowest BCUT2D eigenvalue weighted by atomic mass is 9.87. The summed E-state index contributed by atoms with van der Waals surface area (Å²) in [6, 6.07) is 10.3. The first kappa shape index (κ1) is 18.1. The fraction of sp³-hybridized carbons (Fsp3) is 0.647. The zero-order valence-electron chi connectivity index (χ0n) is 13.6. The van der Waals surface area contributed by atoms with Crippen molar-refractivity contribution in [2.24, 2.45) is 0 Å². The number of hydrogen-bond donors (Lipinski definition) is 2. The van der Waals surface area contributed by atoms with Crippen molar-refractivity contribution in [2.75, 3.05) is 47.0 Å². The van der Waals surface area contributed by atoms with E-state index in [1.807, 2.05) is 18.2 Å². The van der Waals surface area contributed by atoms with E-state index in [0.29, 0.717) is 0 Å². The topological polar surface area (TPSA) is 44.7 Å². The molecule has 1 atom stereocenters. The van der Waals surface area contributed by atoms with Gasteiger partial charge in [0, 0.05) is 20.2 Å². The van der Waals surface area contributed by atoms with Gasteiger partial charge in [-0.25, -0.2) is 0 Å². The lowest BCUT2D eigenvalue weighted by Gasteiger charge is -2.35. The van der Waals surface area contributed by atoms with Crippen LogP contribution in [0.3, 0.4) is 0 Å². The first-order valence-corrected chi connectivity index (χ1v) is 7.77. The Morgan fingerprint density at radius 1 is 1.24 bits per heavy atom. The second kappa shape index (κ2) is 9.90. The predicted molar refractivity (Wildman–Crippen MR) is 87.5 cm³/mol. The molecule has 21 heavy (non-hydrogen) atoms. The first-order valence-electron chi connectivity index (χ1n) is 7.77. The van der Waals surface area contributed by atoms with E-state index in [0.717, 1.165) is 44.6 Å². The number of rotatable bonds is 11. The van der Waals surface area contributed by atoms with E-state index in [2.05, 4.69) is 36.3 Å². The molecule has 1 rings (SSSR count). The summed E-state index contributed by atoms with van der Waals surface area (Å²) >= 11 is 0. The Morgan fingerprint density at radius 3 is 2.52 bits per heavy atom. The zero-order valence-corrected chi connectivity index (χ0v) is 13.6. The number of likely N-dealkylation sites (N-methyl/N-ethyl adjacent to an activating group) is 1. The van der Waals surface area contributed by atoms with E-state index in [1.165, 1.54) is 0 Å². The lowest BCUT2D eigenvalue weighted by molar-refractivity contribution is 0.123. The minimum Gasteiger partial charge on any atom is -0.394 e. The zero-order chi connectivity index (χ0) is 15.6. The van der Waals surface area contributed by atoms with E-state index >= 15 is 0 Å². The standard InChI is InChI=1S/C17H30N2O2/c1-4-11-18-17(15-20,16-8-6-5-7-9-16)10-12-19(2)13-14-21-3/h5-9,18,20H,4,10-15H2,1-3H3. The van der Waals surface area contributed by atoms with Gasteiger partial charge in [0.2, 0.25) is 0 Å². The van der Waals surface area contributed by atoms with E-state index in [1.54, 1.807) is 7.11 Å². The highest BCUT2D eigenvalue weighted by Gasteiger charge is 2.30. The van der Waals surface area contributed by atoms with Crippen molar-refractivity contribution < 1.29 is 9.84 Å². The molecule has 1 aromatic carbocycles. The van der Waals surface area contributed by atoms with Gasteiger partial charge in [0.15, 0.2) is 0 Å². The van der Waals surface area contributed by atoms with Gasteiger partial charge in [0.1, 0.15) is 0 Å². The molecular formula is C17H30N2O2. The Morgan fingerprint density at radius 2 is 1.95 bits per heavy atom. The Hall–Kier alpha value is -0.940. The van der Waals surface area contributed by atoms with Crippen LogP contribution in [-0.4, -0.2) is 57.0 Å². The van der Waals surface area contributed by atoms with Gasteiger partial charge in [-0.15, -0.1) is 0 Å². The van der Waals surface area contributed by atoms with Crippen molar-refractivity contribution >= 4 is 0 Å². The van der Waals surface area contributed by atoms with Crippen LogP contribution in [0.5, 0.6) is 0 Å². The van der Waals surface area contributed by atoms with Crippen LogP contribution in [-0.2, 0) is 10.3 Å². The second-order valence-electron chi connectivity index (χ2n) is 5.58. The molecule has 0 aliphatic rings. The van der Waals surface area contributed by atoms with Crippen molar-refractivity contribution in [1.82, 2.24) is 10.2 Å². The third-order valence-corrected chi connectivity index (χ3v) is 3.91. The molecule has 0 fully saturated rings. The number of methoxy groups -OCH3 is 1. The van der Waals surface area contributed by atoms with Crippen LogP contribution in [0.15, 0.2) is 30.3 Å². The molecule has 120 valence electrons. The molecule has 2 N–H and O–H groups in total. The molecule has 4 heteroatoms. The molecule has 0 aromatic heterocycles. The Labute approximate surface area is 129 Å². The highest BCUT2D eigenvalue weighted by Crippen LogP contribution is 2.25. The number of benzene rings is 1. The second-order valence-corrected chi connectivity index (χ2v) is 5.58. The third kappa shape index (κ3) is 5.75. The van der Waals surface area contributed by atoms with Crippen LogP contribution in [0.4, 0.5) is 0 Å². The maximum absolute atomic E-state index is 10.0. The number of ether oxygens (including phenoxy) is 1. The SMILES string of the molecule is CCCNC(CO)(CCN(C)CCOC)c1ccccc1. The van der Waals surface area contributed by atoms with Gasteiger partial charge >= 0.3 is 0 Å². The number of aliphatic hydroxyl groups excluding tert-OH is 1. The molecule has 4 nitrogen and oxygen atoms in total. The minimum absolute atomic E-state index is 0.106. The van der Waals surface area contributed by atoms with E-state index < -0.39 is 0 Å². The molecule has 0 spiro atoms.